The normalized spacial score (nSPS) is 10.3. The van der Waals surface area contributed by atoms with E-state index in [-0.39, 0.29) is 5.91 Å². The number of methoxy groups -OCH3 is 1. The van der Waals surface area contributed by atoms with Gasteiger partial charge >= 0.3 is 0 Å². The Bertz CT molecular complexity index is 661. The highest BCUT2D eigenvalue weighted by atomic mass is 35.5. The highest BCUT2D eigenvalue weighted by molar-refractivity contribution is 6.30. The first-order valence-electron chi connectivity index (χ1n) is 7.84. The number of ether oxygens (including phenoxy) is 2. The Balaban J connectivity index is 1.79. The highest BCUT2D eigenvalue weighted by Crippen LogP contribution is 2.24. The van der Waals surface area contributed by atoms with Crippen molar-refractivity contribution < 1.29 is 14.3 Å². The van der Waals surface area contributed by atoms with Crippen LogP contribution >= 0.6 is 11.6 Å². The van der Waals surface area contributed by atoms with Crippen molar-refractivity contribution in [3.05, 3.63) is 59.1 Å². The van der Waals surface area contributed by atoms with Gasteiger partial charge in [0.15, 0.2) is 0 Å². The van der Waals surface area contributed by atoms with Gasteiger partial charge in [-0.15, -0.1) is 0 Å². The van der Waals surface area contributed by atoms with Crippen LogP contribution < -0.4 is 9.47 Å². The molecule has 2 aromatic rings. The van der Waals surface area contributed by atoms with Crippen LogP contribution in [0.15, 0.2) is 48.5 Å². The lowest BCUT2D eigenvalue weighted by atomic mass is 10.2. The Morgan fingerprint density at radius 1 is 1.17 bits per heavy atom. The second-order valence-corrected chi connectivity index (χ2v) is 5.91. The molecule has 24 heavy (non-hydrogen) atoms. The fourth-order valence-corrected chi connectivity index (χ4v) is 2.53. The first-order chi connectivity index (χ1) is 11.6. The molecule has 2 aromatic carbocycles. The van der Waals surface area contributed by atoms with E-state index in [1.165, 1.54) is 0 Å². The van der Waals surface area contributed by atoms with Crippen LogP contribution in [-0.4, -0.2) is 31.6 Å². The molecule has 1 amide bonds. The summed E-state index contributed by atoms with van der Waals surface area (Å²) >= 11 is 6.02. The minimum absolute atomic E-state index is 0.0636. The second-order valence-electron chi connectivity index (χ2n) is 5.47. The molecular weight excluding hydrogens is 326 g/mol. The number of para-hydroxylation sites is 1. The van der Waals surface area contributed by atoms with Crippen molar-refractivity contribution in [2.24, 2.45) is 0 Å². The summed E-state index contributed by atoms with van der Waals surface area (Å²) in [5.41, 5.74) is 0.890. The number of nitrogens with zero attached hydrogens (tertiary/aromatic N) is 1. The van der Waals surface area contributed by atoms with E-state index < -0.39 is 0 Å². The number of carbonyl (C=O) groups is 1. The largest absolute Gasteiger partial charge is 0.496 e. The van der Waals surface area contributed by atoms with Crippen LogP contribution in [0.1, 0.15) is 18.4 Å². The van der Waals surface area contributed by atoms with Crippen LogP contribution in [0, 0.1) is 0 Å². The number of benzene rings is 2. The van der Waals surface area contributed by atoms with E-state index in [1.807, 2.05) is 42.5 Å². The molecule has 0 saturated heterocycles. The molecule has 0 N–H and O–H groups in total. The quantitative estimate of drug-likeness (QED) is 0.673. The van der Waals surface area contributed by atoms with E-state index in [2.05, 4.69) is 0 Å². The third-order valence-electron chi connectivity index (χ3n) is 3.62. The minimum Gasteiger partial charge on any atom is -0.496 e. The average molecular weight is 348 g/mol. The van der Waals surface area contributed by atoms with Crippen molar-refractivity contribution in [1.29, 1.82) is 0 Å². The molecule has 0 fully saturated rings. The summed E-state index contributed by atoms with van der Waals surface area (Å²) in [5.74, 6) is 1.61. The maximum Gasteiger partial charge on any atom is 0.222 e. The van der Waals surface area contributed by atoms with E-state index in [9.17, 15) is 4.79 Å². The maximum atomic E-state index is 12.2. The SMILES string of the molecule is COc1ccc(Cl)cc1CN(C)C(=O)CCCOc1ccccc1. The molecule has 0 unspecified atom stereocenters. The lowest BCUT2D eigenvalue weighted by molar-refractivity contribution is -0.130. The molecular formula is C19H22ClNO3. The minimum atomic E-state index is 0.0636. The summed E-state index contributed by atoms with van der Waals surface area (Å²) in [4.78, 5) is 13.9. The van der Waals surface area contributed by atoms with Gasteiger partial charge in [-0.25, -0.2) is 0 Å². The average Bonchev–Trinajstić information content (AvgIpc) is 2.59. The van der Waals surface area contributed by atoms with E-state index in [0.29, 0.717) is 31.0 Å². The van der Waals surface area contributed by atoms with Gasteiger partial charge in [0, 0.05) is 30.6 Å². The van der Waals surface area contributed by atoms with Crippen molar-refractivity contribution in [2.45, 2.75) is 19.4 Å². The van der Waals surface area contributed by atoms with Crippen molar-refractivity contribution in [1.82, 2.24) is 4.90 Å². The van der Waals surface area contributed by atoms with Gasteiger partial charge in [0.25, 0.3) is 0 Å². The first kappa shape index (κ1) is 18.1. The van der Waals surface area contributed by atoms with Gasteiger partial charge in [-0.1, -0.05) is 29.8 Å². The summed E-state index contributed by atoms with van der Waals surface area (Å²) in [6.07, 6.45) is 1.11. The highest BCUT2D eigenvalue weighted by Gasteiger charge is 2.12. The molecule has 0 aliphatic heterocycles. The molecule has 4 nitrogen and oxygen atoms in total. The van der Waals surface area contributed by atoms with Crippen LogP contribution in [0.2, 0.25) is 5.02 Å². The Morgan fingerprint density at radius 3 is 2.62 bits per heavy atom. The summed E-state index contributed by atoms with van der Waals surface area (Å²) < 4.78 is 10.9. The molecule has 2 rings (SSSR count). The standard InChI is InChI=1S/C19H22ClNO3/c1-21(14-15-13-16(20)10-11-18(15)23-2)19(22)9-6-12-24-17-7-4-3-5-8-17/h3-5,7-8,10-11,13H,6,9,12,14H2,1-2H3. The lowest BCUT2D eigenvalue weighted by Gasteiger charge is -2.19. The fourth-order valence-electron chi connectivity index (χ4n) is 2.34. The number of carbonyl (C=O) groups excluding carboxylic acids is 1. The number of rotatable bonds is 8. The van der Waals surface area contributed by atoms with Crippen molar-refractivity contribution in [3.8, 4) is 11.5 Å². The third kappa shape index (κ3) is 5.46. The molecule has 128 valence electrons. The van der Waals surface area contributed by atoms with Gasteiger partial charge in [-0.05, 0) is 36.8 Å². The summed E-state index contributed by atoms with van der Waals surface area (Å²) in [6.45, 7) is 0.978. The van der Waals surface area contributed by atoms with E-state index in [4.69, 9.17) is 21.1 Å². The second kappa shape index (κ2) is 9.18. The zero-order valence-corrected chi connectivity index (χ0v) is 14.8. The van der Waals surface area contributed by atoms with E-state index in [1.54, 1.807) is 25.1 Å². The van der Waals surface area contributed by atoms with Crippen LogP contribution in [0.25, 0.3) is 0 Å². The molecule has 0 aliphatic carbocycles. The molecule has 0 radical (unpaired) electrons. The van der Waals surface area contributed by atoms with Gasteiger partial charge in [0.1, 0.15) is 11.5 Å². The topological polar surface area (TPSA) is 38.8 Å². The Labute approximate surface area is 147 Å². The van der Waals surface area contributed by atoms with Gasteiger partial charge in [0.05, 0.1) is 13.7 Å². The van der Waals surface area contributed by atoms with E-state index in [0.717, 1.165) is 17.1 Å². The monoisotopic (exact) mass is 347 g/mol. The van der Waals surface area contributed by atoms with Crippen LogP contribution in [0.4, 0.5) is 0 Å². The zero-order chi connectivity index (χ0) is 17.4. The van der Waals surface area contributed by atoms with Crippen molar-refractivity contribution in [2.75, 3.05) is 20.8 Å². The summed E-state index contributed by atoms with van der Waals surface area (Å²) in [6, 6.07) is 15.0. The zero-order valence-electron chi connectivity index (χ0n) is 14.0. The smallest absolute Gasteiger partial charge is 0.222 e. The van der Waals surface area contributed by atoms with Crippen LogP contribution in [-0.2, 0) is 11.3 Å². The molecule has 5 heteroatoms. The molecule has 0 heterocycles. The van der Waals surface area contributed by atoms with E-state index >= 15 is 0 Å². The summed E-state index contributed by atoms with van der Waals surface area (Å²) in [5, 5.41) is 0.628. The maximum absolute atomic E-state index is 12.2. The molecule has 0 saturated carbocycles. The fraction of sp³-hybridized carbons (Fsp3) is 0.316. The first-order valence-corrected chi connectivity index (χ1v) is 8.22. The van der Waals surface area contributed by atoms with Gasteiger partial charge in [-0.3, -0.25) is 4.79 Å². The predicted molar refractivity (Wildman–Crippen MR) is 95.6 cm³/mol. The number of halogens is 1. The number of hydrogen-bond donors (Lipinski definition) is 0. The molecule has 0 aromatic heterocycles. The molecule has 0 bridgehead atoms. The lowest BCUT2D eigenvalue weighted by Crippen LogP contribution is -2.26. The van der Waals surface area contributed by atoms with Crippen molar-refractivity contribution in [3.63, 3.8) is 0 Å². The molecule has 0 aliphatic rings. The van der Waals surface area contributed by atoms with Gasteiger partial charge in [0.2, 0.25) is 5.91 Å². The van der Waals surface area contributed by atoms with Crippen molar-refractivity contribution >= 4 is 17.5 Å². The van der Waals surface area contributed by atoms with Crippen LogP contribution in [0.3, 0.4) is 0 Å². The molecule has 0 atom stereocenters. The van der Waals surface area contributed by atoms with Crippen LogP contribution in [0.5, 0.6) is 11.5 Å². The molecule has 0 spiro atoms. The Morgan fingerprint density at radius 2 is 1.92 bits per heavy atom. The summed E-state index contributed by atoms with van der Waals surface area (Å²) in [7, 11) is 3.39. The third-order valence-corrected chi connectivity index (χ3v) is 3.86. The predicted octanol–water partition coefficient (Wildman–Crippen LogP) is 4.17. The number of hydrogen-bond acceptors (Lipinski definition) is 3. The van der Waals surface area contributed by atoms with Gasteiger partial charge in [-0.2, -0.15) is 0 Å². The van der Waals surface area contributed by atoms with Gasteiger partial charge < -0.3 is 14.4 Å². The Hall–Kier alpha value is -2.20. The Kier molecular flexibility index (Phi) is 6.94. The number of amides is 1.